The van der Waals surface area contributed by atoms with Crippen LogP contribution < -0.4 is 0 Å². The zero-order valence-corrected chi connectivity index (χ0v) is 13.1. The molecule has 23 heavy (non-hydrogen) atoms. The second-order valence-corrected chi connectivity index (χ2v) is 6.18. The number of Topliss-reactive ketones (excluding diaryl/α,β-unsaturated/α-hetero) is 2. The van der Waals surface area contributed by atoms with Gasteiger partial charge in [0.2, 0.25) is 11.6 Å². The monoisotopic (exact) mass is 304 g/mol. The van der Waals surface area contributed by atoms with Gasteiger partial charge < -0.3 is 4.74 Å². The Morgan fingerprint density at radius 3 is 2.43 bits per heavy atom. The van der Waals surface area contributed by atoms with Crippen molar-refractivity contribution in [3.05, 3.63) is 75.9 Å². The average Bonchev–Trinajstić information content (AvgIpc) is 2.98. The van der Waals surface area contributed by atoms with Crippen molar-refractivity contribution in [3.8, 4) is 0 Å². The molecule has 0 fully saturated rings. The Kier molecular flexibility index (Phi) is 2.98. The van der Waals surface area contributed by atoms with Crippen molar-refractivity contribution < 1.29 is 14.3 Å². The first kappa shape index (κ1) is 13.9. The normalized spacial score (nSPS) is 19.5. The van der Waals surface area contributed by atoms with E-state index in [1.165, 1.54) is 5.56 Å². The van der Waals surface area contributed by atoms with Crippen molar-refractivity contribution in [1.82, 2.24) is 0 Å². The maximum absolute atomic E-state index is 12.4. The van der Waals surface area contributed by atoms with Crippen molar-refractivity contribution in [2.24, 2.45) is 0 Å². The molecule has 0 aromatic heterocycles. The summed E-state index contributed by atoms with van der Waals surface area (Å²) in [5, 5.41) is 0. The van der Waals surface area contributed by atoms with Gasteiger partial charge in [-0.25, -0.2) is 0 Å². The second-order valence-electron chi connectivity index (χ2n) is 6.18. The highest BCUT2D eigenvalue weighted by molar-refractivity contribution is 6.52. The minimum atomic E-state index is -0.427. The molecule has 1 unspecified atom stereocenters. The van der Waals surface area contributed by atoms with Crippen molar-refractivity contribution >= 4 is 17.3 Å². The molecule has 3 nitrogen and oxygen atoms in total. The molecule has 2 aliphatic rings. The molecule has 0 amide bonds. The van der Waals surface area contributed by atoms with Crippen LogP contribution in [0.1, 0.15) is 45.1 Å². The number of benzene rings is 2. The maximum Gasteiger partial charge on any atom is 0.234 e. The van der Waals surface area contributed by atoms with Gasteiger partial charge in [0.1, 0.15) is 11.9 Å². The molecule has 2 aromatic carbocycles. The molecule has 0 N–H and O–H groups in total. The predicted octanol–water partition coefficient (Wildman–Crippen LogP) is 3.94. The van der Waals surface area contributed by atoms with Crippen molar-refractivity contribution in [3.63, 3.8) is 0 Å². The number of carbonyl (C=O) groups is 2. The van der Waals surface area contributed by atoms with E-state index in [-0.39, 0.29) is 6.10 Å². The summed E-state index contributed by atoms with van der Waals surface area (Å²) in [5.74, 6) is -0.273. The zero-order chi connectivity index (χ0) is 16.1. The van der Waals surface area contributed by atoms with E-state index in [1.807, 2.05) is 38.1 Å². The highest BCUT2D eigenvalue weighted by atomic mass is 16.5. The number of rotatable bonds is 1. The second kappa shape index (κ2) is 4.92. The minimum Gasteiger partial charge on any atom is -0.484 e. The Morgan fingerprint density at radius 1 is 0.957 bits per heavy atom. The van der Waals surface area contributed by atoms with Gasteiger partial charge in [-0.15, -0.1) is 0 Å². The quantitative estimate of drug-likeness (QED) is 0.749. The molecule has 2 aromatic rings. The highest BCUT2D eigenvalue weighted by Gasteiger charge is 2.40. The van der Waals surface area contributed by atoms with Gasteiger partial charge in [-0.2, -0.15) is 0 Å². The van der Waals surface area contributed by atoms with Gasteiger partial charge in [0.15, 0.2) is 0 Å². The smallest absolute Gasteiger partial charge is 0.234 e. The number of aryl methyl sites for hydroxylation is 2. The van der Waals surface area contributed by atoms with Gasteiger partial charge >= 0.3 is 0 Å². The Morgan fingerprint density at radius 2 is 1.70 bits per heavy atom. The molecular formula is C20H16O3. The van der Waals surface area contributed by atoms with Crippen LogP contribution in [0.25, 0.3) is 5.76 Å². The van der Waals surface area contributed by atoms with Crippen LogP contribution in [0.4, 0.5) is 0 Å². The van der Waals surface area contributed by atoms with E-state index in [0.29, 0.717) is 23.3 Å². The van der Waals surface area contributed by atoms with E-state index in [0.717, 1.165) is 16.7 Å². The van der Waals surface area contributed by atoms with E-state index >= 15 is 0 Å². The van der Waals surface area contributed by atoms with Crippen molar-refractivity contribution in [2.75, 3.05) is 0 Å². The number of hydrogen-bond donors (Lipinski definition) is 0. The third kappa shape index (κ3) is 2.04. The molecule has 114 valence electrons. The number of ether oxygens (including phenoxy) is 1. The Hall–Kier alpha value is -2.68. The fourth-order valence-electron chi connectivity index (χ4n) is 3.45. The fourth-order valence-corrected chi connectivity index (χ4v) is 3.45. The standard InChI is InChI=1S/C20H16O3/c1-11-7-8-13(12(2)9-11)17-10-16-19(22)18(21)14-5-3-4-6-15(14)20(16)23-17/h3-9,17H,10H2,1-2H3. The summed E-state index contributed by atoms with van der Waals surface area (Å²) in [5.41, 5.74) is 5.10. The highest BCUT2D eigenvalue weighted by Crippen LogP contribution is 2.45. The fraction of sp³-hybridized carbons (Fsp3) is 0.200. The molecule has 1 aliphatic carbocycles. The minimum absolute atomic E-state index is 0.205. The van der Waals surface area contributed by atoms with Crippen LogP contribution in [-0.2, 0) is 9.53 Å². The molecule has 3 heteroatoms. The largest absolute Gasteiger partial charge is 0.484 e. The molecule has 4 rings (SSSR count). The lowest BCUT2D eigenvalue weighted by molar-refractivity contribution is -0.112. The van der Waals surface area contributed by atoms with Crippen molar-refractivity contribution in [2.45, 2.75) is 26.4 Å². The molecule has 0 saturated carbocycles. The number of hydrogen-bond acceptors (Lipinski definition) is 3. The number of ketones is 2. The molecular weight excluding hydrogens is 288 g/mol. The molecule has 0 saturated heterocycles. The van der Waals surface area contributed by atoms with Crippen LogP contribution in [-0.4, -0.2) is 11.6 Å². The molecule has 0 spiro atoms. The van der Waals surface area contributed by atoms with Crippen molar-refractivity contribution in [1.29, 1.82) is 0 Å². The van der Waals surface area contributed by atoms with Gasteiger partial charge in [-0.05, 0) is 25.0 Å². The van der Waals surface area contributed by atoms with Gasteiger partial charge in [-0.1, -0.05) is 48.0 Å². The lowest BCUT2D eigenvalue weighted by Crippen LogP contribution is -2.22. The third-order valence-corrected chi connectivity index (χ3v) is 4.59. The summed E-state index contributed by atoms with van der Waals surface area (Å²) >= 11 is 0. The molecule has 1 atom stereocenters. The summed E-state index contributed by atoms with van der Waals surface area (Å²) in [6, 6.07) is 13.4. The van der Waals surface area contributed by atoms with Crippen LogP contribution in [0.15, 0.2) is 48.0 Å². The first-order valence-corrected chi connectivity index (χ1v) is 7.71. The lowest BCUT2D eigenvalue weighted by Gasteiger charge is -2.18. The van der Waals surface area contributed by atoms with Gasteiger partial charge in [-0.3, -0.25) is 9.59 Å². The Bertz CT molecular complexity index is 890. The number of carbonyl (C=O) groups excluding carboxylic acids is 2. The maximum atomic E-state index is 12.4. The molecule has 1 heterocycles. The lowest BCUT2D eigenvalue weighted by atomic mass is 9.87. The summed E-state index contributed by atoms with van der Waals surface area (Å²) in [4.78, 5) is 24.7. The van der Waals surface area contributed by atoms with Gasteiger partial charge in [0, 0.05) is 17.5 Å². The summed E-state index contributed by atoms with van der Waals surface area (Å²) in [6.07, 6.45) is 0.251. The summed E-state index contributed by atoms with van der Waals surface area (Å²) < 4.78 is 6.12. The van der Waals surface area contributed by atoms with Crippen LogP contribution in [0.5, 0.6) is 0 Å². The summed E-state index contributed by atoms with van der Waals surface area (Å²) in [6.45, 7) is 4.10. The molecule has 0 bridgehead atoms. The van der Waals surface area contributed by atoms with E-state index in [9.17, 15) is 9.59 Å². The Labute approximate surface area is 134 Å². The van der Waals surface area contributed by atoms with Gasteiger partial charge in [0.25, 0.3) is 0 Å². The molecule has 1 aliphatic heterocycles. The van der Waals surface area contributed by atoms with E-state index in [4.69, 9.17) is 4.74 Å². The average molecular weight is 304 g/mol. The first-order chi connectivity index (χ1) is 11.1. The van der Waals surface area contributed by atoms with Crippen LogP contribution in [0.2, 0.25) is 0 Å². The van der Waals surface area contributed by atoms with Gasteiger partial charge in [0.05, 0.1) is 5.57 Å². The zero-order valence-electron chi connectivity index (χ0n) is 13.1. The van der Waals surface area contributed by atoms with Crippen LogP contribution in [0.3, 0.4) is 0 Å². The van der Waals surface area contributed by atoms with E-state index < -0.39 is 11.6 Å². The van der Waals surface area contributed by atoms with E-state index in [2.05, 4.69) is 6.07 Å². The SMILES string of the molecule is Cc1ccc(C2CC3=C(O2)c2ccccc2C(=O)C3=O)c(C)c1. The molecule has 0 radical (unpaired) electrons. The topological polar surface area (TPSA) is 43.4 Å². The van der Waals surface area contributed by atoms with E-state index in [1.54, 1.807) is 12.1 Å². The summed E-state index contributed by atoms with van der Waals surface area (Å²) in [7, 11) is 0. The first-order valence-electron chi connectivity index (χ1n) is 7.71. The third-order valence-electron chi connectivity index (χ3n) is 4.59. The number of fused-ring (bicyclic) bond motifs is 2. The predicted molar refractivity (Wildman–Crippen MR) is 87.1 cm³/mol. The van der Waals surface area contributed by atoms with Crippen LogP contribution in [0, 0.1) is 13.8 Å². The Balaban J connectivity index is 1.77. The van der Waals surface area contributed by atoms with Crippen LogP contribution >= 0.6 is 0 Å².